The van der Waals surface area contributed by atoms with Crippen molar-refractivity contribution in [3.63, 3.8) is 0 Å². The van der Waals surface area contributed by atoms with Crippen molar-refractivity contribution >= 4 is 5.82 Å². The third kappa shape index (κ3) is 3.43. The molecule has 2 heterocycles. The first-order valence-corrected chi connectivity index (χ1v) is 6.70. The van der Waals surface area contributed by atoms with E-state index in [0.29, 0.717) is 6.04 Å². The van der Waals surface area contributed by atoms with Gasteiger partial charge in [-0.2, -0.15) is 0 Å². The molecule has 1 aliphatic rings. The maximum Gasteiger partial charge on any atom is 0.125 e. The summed E-state index contributed by atoms with van der Waals surface area (Å²) in [6, 6.07) is 4.95. The molecular weight excluding hydrogens is 224 g/mol. The Labute approximate surface area is 110 Å². The number of aromatic nitrogens is 1. The minimum absolute atomic E-state index is 0.715. The van der Waals surface area contributed by atoms with Crippen molar-refractivity contribution in [3.05, 3.63) is 23.9 Å². The van der Waals surface area contributed by atoms with Gasteiger partial charge in [-0.3, -0.25) is 4.90 Å². The molecule has 0 aliphatic carbocycles. The summed E-state index contributed by atoms with van der Waals surface area (Å²) in [5.41, 5.74) is 1.33. The van der Waals surface area contributed by atoms with Gasteiger partial charge in [0.25, 0.3) is 0 Å². The lowest BCUT2D eigenvalue weighted by atomic mass is 10.0. The van der Waals surface area contributed by atoms with Crippen LogP contribution in [0, 0.1) is 0 Å². The van der Waals surface area contributed by atoms with Gasteiger partial charge in [0.15, 0.2) is 0 Å². The molecule has 1 fully saturated rings. The molecule has 0 spiro atoms. The first-order valence-electron chi connectivity index (χ1n) is 6.70. The number of rotatable bonds is 4. The van der Waals surface area contributed by atoms with Crippen molar-refractivity contribution in [3.8, 4) is 0 Å². The quantitative estimate of drug-likeness (QED) is 0.878. The molecular formula is C14H24N4. The van der Waals surface area contributed by atoms with Gasteiger partial charge in [-0.25, -0.2) is 4.98 Å². The topological polar surface area (TPSA) is 31.4 Å². The van der Waals surface area contributed by atoms with Crippen LogP contribution >= 0.6 is 0 Å². The molecule has 1 N–H and O–H groups in total. The van der Waals surface area contributed by atoms with Crippen molar-refractivity contribution in [2.45, 2.75) is 25.4 Å². The number of nitrogens with zero attached hydrogens (tertiary/aromatic N) is 3. The second-order valence-corrected chi connectivity index (χ2v) is 5.25. The van der Waals surface area contributed by atoms with Crippen LogP contribution in [0.3, 0.4) is 0 Å². The van der Waals surface area contributed by atoms with Crippen LogP contribution in [0.4, 0.5) is 5.82 Å². The highest BCUT2D eigenvalue weighted by Crippen LogP contribution is 2.17. The molecule has 0 aromatic carbocycles. The zero-order valence-electron chi connectivity index (χ0n) is 11.7. The van der Waals surface area contributed by atoms with E-state index in [9.17, 15) is 0 Å². The molecule has 100 valence electrons. The van der Waals surface area contributed by atoms with Crippen molar-refractivity contribution in [2.75, 3.05) is 39.5 Å². The highest BCUT2D eigenvalue weighted by atomic mass is 15.2. The third-order valence-corrected chi connectivity index (χ3v) is 3.82. The van der Waals surface area contributed by atoms with Gasteiger partial charge in [-0.15, -0.1) is 0 Å². The van der Waals surface area contributed by atoms with E-state index in [1.165, 1.54) is 31.5 Å². The van der Waals surface area contributed by atoms with E-state index < -0.39 is 0 Å². The lowest BCUT2D eigenvalue weighted by Crippen LogP contribution is -2.41. The Balaban J connectivity index is 1.91. The Morgan fingerprint density at radius 1 is 1.44 bits per heavy atom. The number of piperidine rings is 1. The lowest BCUT2D eigenvalue weighted by Gasteiger charge is -2.35. The van der Waals surface area contributed by atoms with Crippen LogP contribution in [0.2, 0.25) is 0 Å². The standard InChI is InChI=1S/C14H24N4/c1-15-14-10-12(4-7-16-14)11-18(3)13-5-8-17(2)9-6-13/h4,7,10,13H,5-6,8-9,11H2,1-3H3,(H,15,16). The summed E-state index contributed by atoms with van der Waals surface area (Å²) >= 11 is 0. The SMILES string of the molecule is CNc1cc(CN(C)C2CCN(C)CC2)ccn1. The molecule has 0 saturated carbocycles. The second-order valence-electron chi connectivity index (χ2n) is 5.25. The molecule has 0 amide bonds. The smallest absolute Gasteiger partial charge is 0.125 e. The zero-order chi connectivity index (χ0) is 13.0. The minimum Gasteiger partial charge on any atom is -0.373 e. The molecule has 1 aliphatic heterocycles. The summed E-state index contributed by atoms with van der Waals surface area (Å²) in [4.78, 5) is 9.14. The van der Waals surface area contributed by atoms with Crippen LogP contribution in [-0.4, -0.2) is 55.1 Å². The van der Waals surface area contributed by atoms with Gasteiger partial charge in [0.1, 0.15) is 5.82 Å². The first-order chi connectivity index (χ1) is 8.69. The van der Waals surface area contributed by atoms with Gasteiger partial charge >= 0.3 is 0 Å². The van der Waals surface area contributed by atoms with Crippen LogP contribution in [0.5, 0.6) is 0 Å². The number of likely N-dealkylation sites (tertiary alicyclic amines) is 1. The zero-order valence-corrected chi connectivity index (χ0v) is 11.7. The van der Waals surface area contributed by atoms with Crippen molar-refractivity contribution in [2.24, 2.45) is 0 Å². The van der Waals surface area contributed by atoms with Gasteiger partial charge in [0, 0.05) is 25.8 Å². The van der Waals surface area contributed by atoms with Crippen LogP contribution in [0.25, 0.3) is 0 Å². The largest absolute Gasteiger partial charge is 0.373 e. The molecule has 0 unspecified atom stereocenters. The normalized spacial score (nSPS) is 18.2. The Morgan fingerprint density at radius 2 is 2.17 bits per heavy atom. The fraction of sp³-hybridized carbons (Fsp3) is 0.643. The summed E-state index contributed by atoms with van der Waals surface area (Å²) in [7, 11) is 6.35. The summed E-state index contributed by atoms with van der Waals surface area (Å²) in [5, 5.41) is 3.09. The Morgan fingerprint density at radius 3 is 2.83 bits per heavy atom. The van der Waals surface area contributed by atoms with Gasteiger partial charge in [0.2, 0.25) is 0 Å². The molecule has 1 saturated heterocycles. The van der Waals surface area contributed by atoms with Gasteiger partial charge in [-0.05, 0) is 57.7 Å². The van der Waals surface area contributed by atoms with E-state index >= 15 is 0 Å². The number of hydrogen-bond donors (Lipinski definition) is 1. The first kappa shape index (κ1) is 13.3. The van der Waals surface area contributed by atoms with Crippen molar-refractivity contribution < 1.29 is 0 Å². The molecule has 0 radical (unpaired) electrons. The fourth-order valence-electron chi connectivity index (χ4n) is 2.56. The average molecular weight is 248 g/mol. The lowest BCUT2D eigenvalue weighted by molar-refractivity contribution is 0.139. The number of anilines is 1. The fourth-order valence-corrected chi connectivity index (χ4v) is 2.56. The maximum absolute atomic E-state index is 4.25. The summed E-state index contributed by atoms with van der Waals surface area (Å²) < 4.78 is 0. The van der Waals surface area contributed by atoms with Crippen LogP contribution in [0.15, 0.2) is 18.3 Å². The van der Waals surface area contributed by atoms with Crippen molar-refractivity contribution in [1.29, 1.82) is 0 Å². The summed E-state index contributed by atoms with van der Waals surface area (Å²) in [6.45, 7) is 3.44. The Bertz CT molecular complexity index is 372. The molecule has 4 heteroatoms. The maximum atomic E-state index is 4.25. The monoisotopic (exact) mass is 248 g/mol. The third-order valence-electron chi connectivity index (χ3n) is 3.82. The molecule has 1 aromatic heterocycles. The van der Waals surface area contributed by atoms with E-state index in [1.54, 1.807) is 0 Å². The van der Waals surface area contributed by atoms with E-state index in [2.05, 4.69) is 46.3 Å². The molecule has 2 rings (SSSR count). The van der Waals surface area contributed by atoms with Crippen LogP contribution in [-0.2, 0) is 6.54 Å². The van der Waals surface area contributed by atoms with E-state index in [0.717, 1.165) is 12.4 Å². The van der Waals surface area contributed by atoms with Crippen molar-refractivity contribution in [1.82, 2.24) is 14.8 Å². The molecule has 0 bridgehead atoms. The van der Waals surface area contributed by atoms with E-state index in [-0.39, 0.29) is 0 Å². The van der Waals surface area contributed by atoms with Gasteiger partial charge in [-0.1, -0.05) is 0 Å². The molecule has 1 aromatic rings. The predicted molar refractivity (Wildman–Crippen MR) is 75.8 cm³/mol. The highest BCUT2D eigenvalue weighted by molar-refractivity contribution is 5.36. The minimum atomic E-state index is 0.715. The van der Waals surface area contributed by atoms with Crippen LogP contribution < -0.4 is 5.32 Å². The van der Waals surface area contributed by atoms with Gasteiger partial charge < -0.3 is 10.2 Å². The summed E-state index contributed by atoms with van der Waals surface area (Å²) in [5.74, 6) is 0.948. The van der Waals surface area contributed by atoms with E-state index in [1.807, 2.05) is 13.2 Å². The second kappa shape index (κ2) is 6.16. The molecule has 18 heavy (non-hydrogen) atoms. The number of pyridine rings is 1. The number of hydrogen-bond acceptors (Lipinski definition) is 4. The highest BCUT2D eigenvalue weighted by Gasteiger charge is 2.20. The Kier molecular flexibility index (Phi) is 4.55. The molecule has 0 atom stereocenters. The summed E-state index contributed by atoms with van der Waals surface area (Å²) in [6.07, 6.45) is 4.43. The van der Waals surface area contributed by atoms with Gasteiger partial charge in [0.05, 0.1) is 0 Å². The Hall–Kier alpha value is -1.13. The van der Waals surface area contributed by atoms with E-state index in [4.69, 9.17) is 0 Å². The van der Waals surface area contributed by atoms with Crippen LogP contribution in [0.1, 0.15) is 18.4 Å². The predicted octanol–water partition coefficient (Wildman–Crippen LogP) is 1.65. The molecule has 4 nitrogen and oxygen atoms in total. The number of nitrogens with one attached hydrogen (secondary N) is 1. The average Bonchev–Trinajstić information content (AvgIpc) is 2.39.